The zero-order valence-corrected chi connectivity index (χ0v) is 30.0. The second-order valence-electron chi connectivity index (χ2n) is 13.0. The van der Waals surface area contributed by atoms with E-state index in [1.807, 2.05) is 0 Å². The number of benzene rings is 1. The summed E-state index contributed by atoms with van der Waals surface area (Å²) in [6.07, 6.45) is 1.46. The van der Waals surface area contributed by atoms with Crippen LogP contribution in [0.2, 0.25) is 5.02 Å². The van der Waals surface area contributed by atoms with E-state index in [1.54, 1.807) is 19.1 Å². The number of nitrogens with zero attached hydrogens (tertiary/aromatic N) is 4. The number of aryl methyl sites for hydroxylation is 1. The number of carboxylic acid groups (broad SMARTS) is 2. The van der Waals surface area contributed by atoms with Crippen molar-refractivity contribution in [3.63, 3.8) is 0 Å². The Balaban J connectivity index is 1.29. The van der Waals surface area contributed by atoms with Crippen LogP contribution in [0, 0.1) is 12.8 Å². The number of aliphatic carboxylic acids is 2. The van der Waals surface area contributed by atoms with Gasteiger partial charge in [0.15, 0.2) is 16.6 Å². The van der Waals surface area contributed by atoms with Gasteiger partial charge in [-0.15, -0.1) is 23.1 Å². The van der Waals surface area contributed by atoms with Crippen LogP contribution in [-0.4, -0.2) is 109 Å². The fourth-order valence-electron chi connectivity index (χ4n) is 6.27. The second kappa shape index (κ2) is 14.6. The van der Waals surface area contributed by atoms with Crippen molar-refractivity contribution in [2.24, 2.45) is 11.1 Å². The largest absolute Gasteiger partial charge is 0.543 e. The molecule has 1 aromatic heterocycles. The van der Waals surface area contributed by atoms with Crippen LogP contribution in [0.15, 0.2) is 33.9 Å². The molecule has 1 aromatic carbocycles. The van der Waals surface area contributed by atoms with E-state index in [2.05, 4.69) is 15.5 Å². The molecule has 2 atom stereocenters. The molecule has 0 saturated carbocycles. The van der Waals surface area contributed by atoms with Gasteiger partial charge in [0.05, 0.1) is 59.7 Å². The maximum absolute atomic E-state index is 13.5. The van der Waals surface area contributed by atoms with Crippen LogP contribution < -0.4 is 16.2 Å². The summed E-state index contributed by atoms with van der Waals surface area (Å²) in [5, 5.41) is 39.7. The van der Waals surface area contributed by atoms with E-state index in [0.717, 1.165) is 37.3 Å². The van der Waals surface area contributed by atoms with E-state index in [9.17, 15) is 39.3 Å². The summed E-state index contributed by atoms with van der Waals surface area (Å²) in [6.45, 7) is 6.77. The molecule has 15 nitrogen and oxygen atoms in total. The first-order valence-electron chi connectivity index (χ1n) is 15.8. The lowest BCUT2D eigenvalue weighted by Gasteiger charge is -2.51. The van der Waals surface area contributed by atoms with Crippen molar-refractivity contribution in [1.82, 2.24) is 15.2 Å². The Morgan fingerprint density at radius 1 is 1.26 bits per heavy atom. The number of carboxylic acids is 2. The van der Waals surface area contributed by atoms with Gasteiger partial charge < -0.3 is 40.5 Å². The monoisotopic (exact) mass is 748 g/mol. The number of phenols is 1. The molecule has 3 aliphatic rings. The minimum atomic E-state index is -1.76. The molecule has 268 valence electrons. The summed E-state index contributed by atoms with van der Waals surface area (Å²) in [5.74, 6) is -5.21. The van der Waals surface area contributed by atoms with Crippen LogP contribution in [0.1, 0.15) is 54.7 Å². The Labute approximate surface area is 300 Å². The van der Waals surface area contributed by atoms with Gasteiger partial charge in [-0.05, 0) is 32.4 Å². The fraction of sp³-hybridized carbons (Fsp3) is 0.469. The van der Waals surface area contributed by atoms with Crippen LogP contribution in [0.5, 0.6) is 5.75 Å². The fourth-order valence-corrected chi connectivity index (χ4v) is 8.52. The predicted molar refractivity (Wildman–Crippen MR) is 183 cm³/mol. The van der Waals surface area contributed by atoms with Crippen molar-refractivity contribution in [1.29, 1.82) is 0 Å². The molecule has 0 unspecified atom stereocenters. The molecule has 3 aliphatic heterocycles. The van der Waals surface area contributed by atoms with Crippen LogP contribution in [0.3, 0.4) is 0 Å². The van der Waals surface area contributed by atoms with E-state index in [1.165, 1.54) is 35.9 Å². The van der Waals surface area contributed by atoms with E-state index in [4.69, 9.17) is 22.2 Å². The number of rotatable bonds is 14. The lowest BCUT2D eigenvalue weighted by Crippen LogP contribution is -2.64. The van der Waals surface area contributed by atoms with Gasteiger partial charge in [0.25, 0.3) is 5.91 Å². The number of halogens is 1. The average Bonchev–Trinajstić information content (AvgIpc) is 3.71. The number of amides is 2. The highest BCUT2D eigenvalue weighted by Crippen LogP contribution is 2.46. The number of anilines is 1. The molecule has 2 amide bonds. The minimum absolute atomic E-state index is 0.0314. The van der Waals surface area contributed by atoms with Gasteiger partial charge in [0, 0.05) is 36.0 Å². The number of oxime groups is 1. The number of hydrogen-bond acceptors (Lipinski definition) is 13. The number of aromatic hydroxyl groups is 1. The third-order valence-corrected chi connectivity index (χ3v) is 11.6. The van der Waals surface area contributed by atoms with E-state index in [-0.39, 0.29) is 57.3 Å². The number of β-lactam (4-membered cyclic amide) rings is 1. The normalized spacial score (nSPS) is 20.3. The molecule has 50 heavy (non-hydrogen) atoms. The Morgan fingerprint density at radius 2 is 1.96 bits per heavy atom. The highest BCUT2D eigenvalue weighted by Gasteiger charge is 2.53. The number of Topliss-reactive ketones (excluding diaryl/α,β-unsaturated/α-hetero) is 1. The highest BCUT2D eigenvalue weighted by atomic mass is 35.5. The molecular weight excluding hydrogens is 712 g/mol. The lowest BCUT2D eigenvalue weighted by molar-refractivity contribution is -0.911. The summed E-state index contributed by atoms with van der Waals surface area (Å²) in [6, 6.07) is 3.15. The SMILES string of the molecule is Cc1ccc(C(=O)NCC[N+]2(CC3=C(C(=O)[O-])N4C(=O)[C@@H](CC(=O)/C(=N\OC(C)(C)C(=O)O)c5csc(N)n5)[C@H]4SC3)CCCC2)c(Cl)c1O. The molecule has 2 saturated heterocycles. The van der Waals surface area contributed by atoms with Crippen LogP contribution in [-0.2, 0) is 24.0 Å². The number of thioether (sulfide) groups is 1. The molecule has 2 aromatic rings. The third-order valence-electron chi connectivity index (χ3n) is 9.14. The standard InChI is InChI=1S/C32H37ClN6O9S2/c1-16-6-7-18(22(33)25(16)41)26(42)35-8-11-39(9-4-5-10-39)13-17-14-49-28-19(27(43)38(28)24(17)29(44)45)12-21(40)23(20-15-50-31(34)36-20)37-48-32(2,3)30(46)47/h6-7,15,19,28H,4-5,8-14H2,1-3H3,(H5-,34,35,36,41,42,44,45,46,47)/b37-23-/t19-,28-/m1/s1. The van der Waals surface area contributed by atoms with Gasteiger partial charge in [0.2, 0.25) is 11.5 Å². The Hall–Kier alpha value is -4.19. The van der Waals surface area contributed by atoms with Gasteiger partial charge in [-0.1, -0.05) is 22.8 Å². The van der Waals surface area contributed by atoms with Gasteiger partial charge in [-0.3, -0.25) is 19.3 Å². The molecule has 2 fully saturated rings. The third kappa shape index (κ3) is 7.45. The first-order chi connectivity index (χ1) is 23.5. The zero-order chi connectivity index (χ0) is 36.5. The number of nitrogens with one attached hydrogen (secondary N) is 1. The number of likely N-dealkylation sites (tertiary alicyclic amines) is 1. The van der Waals surface area contributed by atoms with Crippen molar-refractivity contribution >= 4 is 75.1 Å². The van der Waals surface area contributed by atoms with Crippen molar-refractivity contribution in [2.75, 3.05) is 44.2 Å². The molecule has 0 aliphatic carbocycles. The summed E-state index contributed by atoms with van der Waals surface area (Å²) < 4.78 is 0.498. The Morgan fingerprint density at radius 3 is 2.58 bits per heavy atom. The minimum Gasteiger partial charge on any atom is -0.543 e. The first kappa shape index (κ1) is 37.1. The number of carbonyl (C=O) groups excluding carboxylic acids is 4. The van der Waals surface area contributed by atoms with Crippen molar-refractivity contribution in [3.8, 4) is 5.75 Å². The molecule has 0 bridgehead atoms. The van der Waals surface area contributed by atoms with E-state index in [0.29, 0.717) is 28.7 Å². The molecule has 0 radical (unpaired) electrons. The summed E-state index contributed by atoms with van der Waals surface area (Å²) in [5.41, 5.74) is 4.76. The van der Waals surface area contributed by atoms with Crippen LogP contribution in [0.25, 0.3) is 0 Å². The number of hydrogen-bond donors (Lipinski definition) is 4. The van der Waals surface area contributed by atoms with E-state index < -0.39 is 46.4 Å². The van der Waals surface area contributed by atoms with Crippen molar-refractivity contribution in [3.05, 3.63) is 50.6 Å². The maximum Gasteiger partial charge on any atom is 0.350 e. The molecule has 5 N–H and O–H groups in total. The number of thiazole rings is 1. The summed E-state index contributed by atoms with van der Waals surface area (Å²) in [4.78, 5) is 74.4. The van der Waals surface area contributed by atoms with Gasteiger partial charge in [-0.25, -0.2) is 9.78 Å². The number of quaternary nitrogens is 1. The van der Waals surface area contributed by atoms with Crippen LogP contribution >= 0.6 is 34.7 Å². The first-order valence-corrected chi connectivity index (χ1v) is 18.1. The number of phenolic OH excluding ortho intramolecular Hbond substituents is 1. The number of nitrogens with two attached hydrogens (primary N) is 1. The Bertz CT molecular complexity index is 1800. The number of ketones is 1. The molecule has 18 heteroatoms. The Kier molecular flexibility index (Phi) is 10.8. The number of nitrogen functional groups attached to an aromatic ring is 1. The quantitative estimate of drug-likeness (QED) is 0.0934. The lowest BCUT2D eigenvalue weighted by atomic mass is 9.89. The number of carbonyl (C=O) groups is 5. The zero-order valence-electron chi connectivity index (χ0n) is 27.6. The van der Waals surface area contributed by atoms with Gasteiger partial charge in [0.1, 0.15) is 18.0 Å². The van der Waals surface area contributed by atoms with Crippen LogP contribution in [0.4, 0.5) is 5.13 Å². The van der Waals surface area contributed by atoms with Crippen molar-refractivity contribution < 1.29 is 48.6 Å². The topological polar surface area (TPSA) is 225 Å². The predicted octanol–water partition coefficient (Wildman–Crippen LogP) is 1.51. The second-order valence-corrected chi connectivity index (χ2v) is 15.4. The van der Waals surface area contributed by atoms with E-state index >= 15 is 0 Å². The highest BCUT2D eigenvalue weighted by molar-refractivity contribution is 8.00. The average molecular weight is 749 g/mol. The molecule has 5 rings (SSSR count). The molecule has 0 spiro atoms. The molecular formula is C32H37ClN6O9S2. The van der Waals surface area contributed by atoms with Gasteiger partial charge in [-0.2, -0.15) is 0 Å². The van der Waals surface area contributed by atoms with Gasteiger partial charge >= 0.3 is 5.97 Å². The number of fused-ring (bicyclic) bond motifs is 1. The smallest absolute Gasteiger partial charge is 0.350 e. The summed E-state index contributed by atoms with van der Waals surface area (Å²) in [7, 11) is 0. The summed E-state index contributed by atoms with van der Waals surface area (Å²) >= 11 is 8.58. The number of aromatic nitrogens is 1. The molecule has 4 heterocycles. The maximum atomic E-state index is 13.5. The van der Waals surface area contributed by atoms with Crippen molar-refractivity contribution in [2.45, 2.75) is 51.0 Å².